The lowest BCUT2D eigenvalue weighted by atomic mass is 9.43. The van der Waals surface area contributed by atoms with Gasteiger partial charge in [-0.1, -0.05) is 77.9 Å². The maximum Gasteiger partial charge on any atom is 0.294 e. The highest BCUT2D eigenvalue weighted by Gasteiger charge is 2.62. The number of nitrogens with two attached hydrogens (primary N) is 1. The van der Waals surface area contributed by atoms with Gasteiger partial charge in [-0.25, -0.2) is 10.0 Å². The van der Waals surface area contributed by atoms with E-state index in [0.29, 0.717) is 57.7 Å². The Morgan fingerprint density at radius 2 is 1.11 bits per heavy atom. The second kappa shape index (κ2) is 10.2. The molecule has 2 amide bonds. The Bertz CT molecular complexity index is 1480. The third-order valence-electron chi connectivity index (χ3n) is 12.8. The maximum absolute atomic E-state index is 15.3. The van der Waals surface area contributed by atoms with Crippen molar-refractivity contribution in [3.05, 3.63) is 60.7 Å². The average molecular weight is 595 g/mol. The van der Waals surface area contributed by atoms with Crippen molar-refractivity contribution in [1.29, 1.82) is 0 Å². The summed E-state index contributed by atoms with van der Waals surface area (Å²) in [6.07, 6.45) is 4.51. The minimum absolute atomic E-state index is 0.0359. The molecule has 6 aliphatic carbocycles. The van der Waals surface area contributed by atoms with Crippen molar-refractivity contribution in [2.45, 2.75) is 79.3 Å². The van der Waals surface area contributed by atoms with Gasteiger partial charge in [0.15, 0.2) is 0 Å². The van der Waals surface area contributed by atoms with Gasteiger partial charge in [0.25, 0.3) is 11.8 Å². The molecule has 0 spiro atoms. The minimum atomic E-state index is -0.715. The summed E-state index contributed by atoms with van der Waals surface area (Å²) in [5.74, 6) is 2.47. The molecule has 6 fully saturated rings. The number of nitrogens with zero attached hydrogens (tertiary/aromatic N) is 5. The number of hydrogen-bond donors (Lipinski definition) is 1. The molecule has 6 saturated carbocycles. The first-order valence-electron chi connectivity index (χ1n) is 16.4. The number of primary amides is 1. The van der Waals surface area contributed by atoms with Gasteiger partial charge in [-0.2, -0.15) is 0 Å². The third kappa shape index (κ3) is 4.23. The topological polar surface area (TPSA) is 94.6 Å². The zero-order chi connectivity index (χ0) is 31.1. The van der Waals surface area contributed by atoms with Crippen LogP contribution in [0.15, 0.2) is 70.9 Å². The minimum Gasteiger partial charge on any atom is -0.363 e. The molecule has 9 rings (SSSR count). The molecule has 44 heavy (non-hydrogen) atoms. The van der Waals surface area contributed by atoms with Gasteiger partial charge in [-0.3, -0.25) is 9.59 Å². The van der Waals surface area contributed by atoms with Crippen LogP contribution in [0.2, 0.25) is 0 Å². The van der Waals surface area contributed by atoms with Crippen LogP contribution in [-0.2, 0) is 9.59 Å². The Kier molecular flexibility index (Phi) is 6.72. The SMILES string of the molecule is CC1C(N(C(=O)C2=NN(c3ccccc3)C(C(N)=O)=NN2c2ccccc2)C2CC3CC(C2C)C3(C)C)CC2CC1C2(C)C. The average Bonchev–Trinajstić information content (AvgIpc) is 3.02. The number of hydrogen-bond acceptors (Lipinski definition) is 6. The monoisotopic (exact) mass is 594 g/mol. The summed E-state index contributed by atoms with van der Waals surface area (Å²) in [7, 11) is 0. The van der Waals surface area contributed by atoms with Crippen molar-refractivity contribution in [3.63, 3.8) is 0 Å². The number of carbonyl (C=O) groups excluding carboxylic acids is 2. The van der Waals surface area contributed by atoms with E-state index in [4.69, 9.17) is 15.9 Å². The van der Waals surface area contributed by atoms with E-state index in [-0.39, 0.29) is 29.7 Å². The summed E-state index contributed by atoms with van der Waals surface area (Å²) >= 11 is 0. The molecule has 8 atom stereocenters. The van der Waals surface area contributed by atoms with Crippen LogP contribution in [0.1, 0.15) is 67.2 Å². The summed E-state index contributed by atoms with van der Waals surface area (Å²) in [5.41, 5.74) is 7.76. The standard InChI is InChI=1S/C36H46N6O2/c1-21-27-17-23(35(27,3)4)19-29(21)40(30-20-24-18-28(22(30)2)36(24,5)6)34(44)33-39-41(25-13-9-7-10-14-25)32(31(37)43)38-42(33)26-15-11-8-12-16-26/h7-16,21-24,27-30H,17-20H2,1-6H3,(H2,37,43). The summed E-state index contributed by atoms with van der Waals surface area (Å²) in [6, 6.07) is 19.1. The number of amidine groups is 2. The quantitative estimate of drug-likeness (QED) is 0.438. The Hall–Kier alpha value is -3.68. The molecule has 0 radical (unpaired) electrons. The third-order valence-corrected chi connectivity index (χ3v) is 12.8. The number of benzene rings is 2. The number of hydrazone groups is 2. The van der Waals surface area contributed by atoms with Crippen molar-refractivity contribution in [3.8, 4) is 0 Å². The summed E-state index contributed by atoms with van der Waals surface area (Å²) in [4.78, 5) is 30.4. The highest BCUT2D eigenvalue weighted by Crippen LogP contribution is 2.65. The van der Waals surface area contributed by atoms with Crippen molar-refractivity contribution >= 4 is 34.9 Å². The molecule has 0 aromatic heterocycles. The van der Waals surface area contributed by atoms with E-state index in [1.165, 1.54) is 22.9 Å². The number of carbonyl (C=O) groups is 2. The van der Waals surface area contributed by atoms with E-state index in [9.17, 15) is 4.79 Å². The van der Waals surface area contributed by atoms with Crippen LogP contribution >= 0.6 is 0 Å². The van der Waals surface area contributed by atoms with Crippen LogP contribution in [0, 0.1) is 46.3 Å². The van der Waals surface area contributed by atoms with Crippen LogP contribution in [-0.4, -0.2) is 40.5 Å². The fourth-order valence-electron chi connectivity index (χ4n) is 9.80. The van der Waals surface area contributed by atoms with Crippen molar-refractivity contribution < 1.29 is 9.59 Å². The van der Waals surface area contributed by atoms with Gasteiger partial charge in [0, 0.05) is 12.1 Å². The van der Waals surface area contributed by atoms with Gasteiger partial charge in [-0.05, 0) is 96.3 Å². The Balaban J connectivity index is 1.34. The lowest BCUT2D eigenvalue weighted by Crippen LogP contribution is -2.69. The fraction of sp³-hybridized carbons (Fsp3) is 0.556. The highest BCUT2D eigenvalue weighted by molar-refractivity contribution is 6.48. The highest BCUT2D eigenvalue weighted by atomic mass is 16.2. The molecule has 2 aromatic rings. The number of anilines is 2. The van der Waals surface area contributed by atoms with Crippen molar-refractivity contribution in [2.24, 2.45) is 62.3 Å². The smallest absolute Gasteiger partial charge is 0.294 e. The molecule has 1 aliphatic heterocycles. The maximum atomic E-state index is 15.3. The van der Waals surface area contributed by atoms with Crippen LogP contribution < -0.4 is 15.8 Å². The second-order valence-electron chi connectivity index (χ2n) is 15.3. The number of amides is 2. The zero-order valence-electron chi connectivity index (χ0n) is 26.9. The fourth-order valence-corrected chi connectivity index (χ4v) is 9.80. The molecule has 4 bridgehead atoms. The molecule has 1 heterocycles. The Morgan fingerprint density at radius 1 is 0.705 bits per heavy atom. The van der Waals surface area contributed by atoms with Gasteiger partial charge in [0.2, 0.25) is 11.7 Å². The largest absolute Gasteiger partial charge is 0.363 e. The van der Waals surface area contributed by atoms with Crippen LogP contribution in [0.25, 0.3) is 0 Å². The van der Waals surface area contributed by atoms with Gasteiger partial charge in [0.1, 0.15) is 0 Å². The van der Waals surface area contributed by atoms with Gasteiger partial charge >= 0.3 is 0 Å². The molecule has 2 N–H and O–H groups in total. The van der Waals surface area contributed by atoms with E-state index in [2.05, 4.69) is 46.4 Å². The number of fused-ring (bicyclic) bond motifs is 4. The summed E-state index contributed by atoms with van der Waals surface area (Å²) in [6.45, 7) is 14.4. The van der Waals surface area contributed by atoms with Crippen LogP contribution in [0.5, 0.6) is 0 Å². The molecule has 7 aliphatic rings. The first-order chi connectivity index (χ1) is 20.9. The van der Waals surface area contributed by atoms with Gasteiger partial charge < -0.3 is 10.6 Å². The Morgan fingerprint density at radius 3 is 1.50 bits per heavy atom. The van der Waals surface area contributed by atoms with E-state index in [1.54, 1.807) is 0 Å². The molecular formula is C36H46N6O2. The molecule has 8 unspecified atom stereocenters. The molecular weight excluding hydrogens is 548 g/mol. The Labute approximate surface area is 261 Å². The van der Waals surface area contributed by atoms with E-state index >= 15 is 4.79 Å². The lowest BCUT2D eigenvalue weighted by molar-refractivity contribution is -0.185. The summed E-state index contributed by atoms with van der Waals surface area (Å²) < 4.78 is 0. The first kappa shape index (κ1) is 29.1. The zero-order valence-corrected chi connectivity index (χ0v) is 26.9. The van der Waals surface area contributed by atoms with E-state index in [0.717, 1.165) is 12.8 Å². The molecule has 0 saturated heterocycles. The number of rotatable bonds is 6. The van der Waals surface area contributed by atoms with Crippen LogP contribution in [0.3, 0.4) is 0 Å². The van der Waals surface area contributed by atoms with Crippen molar-refractivity contribution in [1.82, 2.24) is 4.90 Å². The van der Waals surface area contributed by atoms with Gasteiger partial charge in [0.05, 0.1) is 11.4 Å². The molecule has 8 heteroatoms. The predicted molar refractivity (Wildman–Crippen MR) is 175 cm³/mol. The van der Waals surface area contributed by atoms with Crippen LogP contribution in [0.4, 0.5) is 11.4 Å². The first-order valence-corrected chi connectivity index (χ1v) is 16.4. The second-order valence-corrected chi connectivity index (χ2v) is 15.3. The predicted octanol–water partition coefficient (Wildman–Crippen LogP) is 6.10. The summed E-state index contributed by atoms with van der Waals surface area (Å²) in [5, 5.41) is 12.6. The van der Waals surface area contributed by atoms with E-state index in [1.807, 2.05) is 60.7 Å². The number of para-hydroxylation sites is 2. The normalized spacial score (nSPS) is 34.6. The molecule has 8 nitrogen and oxygen atoms in total. The van der Waals surface area contributed by atoms with E-state index < -0.39 is 5.91 Å². The lowest BCUT2D eigenvalue weighted by Gasteiger charge is -2.67. The van der Waals surface area contributed by atoms with Crippen molar-refractivity contribution in [2.75, 3.05) is 10.0 Å². The molecule has 2 aromatic carbocycles. The van der Waals surface area contributed by atoms with Gasteiger partial charge in [-0.15, -0.1) is 10.2 Å². The molecule has 232 valence electrons.